The number of piperidine rings is 1. The minimum absolute atomic E-state index is 0.0611. The van der Waals surface area contributed by atoms with Crippen molar-refractivity contribution in [1.82, 2.24) is 14.8 Å². The van der Waals surface area contributed by atoms with Crippen LogP contribution >= 0.6 is 0 Å². The zero-order valence-electron chi connectivity index (χ0n) is 15.2. The van der Waals surface area contributed by atoms with Gasteiger partial charge in [0.1, 0.15) is 5.82 Å². The molecule has 25 heavy (non-hydrogen) atoms. The van der Waals surface area contributed by atoms with Crippen LogP contribution in [-0.2, 0) is 4.79 Å². The first-order chi connectivity index (χ1) is 12.1. The number of aromatic nitrogens is 1. The van der Waals surface area contributed by atoms with Gasteiger partial charge in [-0.2, -0.15) is 5.26 Å². The van der Waals surface area contributed by atoms with Gasteiger partial charge in [-0.1, -0.05) is 6.92 Å². The third kappa shape index (κ3) is 4.10. The summed E-state index contributed by atoms with van der Waals surface area (Å²) in [5.41, 5.74) is 0.635. The van der Waals surface area contributed by atoms with Gasteiger partial charge in [-0.15, -0.1) is 0 Å². The largest absolute Gasteiger partial charge is 0.354 e. The molecule has 0 N–H and O–H groups in total. The molecule has 0 spiro atoms. The van der Waals surface area contributed by atoms with E-state index in [9.17, 15) is 4.79 Å². The second-order valence-electron chi connectivity index (χ2n) is 7.22. The highest BCUT2D eigenvalue weighted by Crippen LogP contribution is 2.19. The molecular weight excluding hydrogens is 314 g/mol. The molecule has 0 unspecified atom stereocenters. The quantitative estimate of drug-likeness (QED) is 0.838. The van der Waals surface area contributed by atoms with Gasteiger partial charge in [0, 0.05) is 45.5 Å². The van der Waals surface area contributed by atoms with Crippen LogP contribution in [0.3, 0.4) is 0 Å². The third-order valence-corrected chi connectivity index (χ3v) is 5.51. The minimum Gasteiger partial charge on any atom is -0.354 e. The van der Waals surface area contributed by atoms with Gasteiger partial charge < -0.3 is 9.80 Å². The van der Waals surface area contributed by atoms with Crippen molar-refractivity contribution in [3.8, 4) is 6.07 Å². The number of rotatable bonds is 3. The Morgan fingerprint density at radius 1 is 1.24 bits per heavy atom. The molecule has 2 saturated heterocycles. The molecule has 1 aromatic rings. The van der Waals surface area contributed by atoms with E-state index in [1.165, 1.54) is 0 Å². The first-order valence-electron chi connectivity index (χ1n) is 9.22. The van der Waals surface area contributed by atoms with E-state index in [-0.39, 0.29) is 11.9 Å². The number of likely N-dealkylation sites (tertiary alicyclic amines) is 1. The van der Waals surface area contributed by atoms with E-state index in [0.29, 0.717) is 5.56 Å². The minimum atomic E-state index is -0.0611. The molecule has 3 rings (SSSR count). The van der Waals surface area contributed by atoms with Crippen LogP contribution in [0.2, 0.25) is 0 Å². The number of nitriles is 1. The number of hydrogen-bond acceptors (Lipinski definition) is 5. The first-order valence-corrected chi connectivity index (χ1v) is 9.22. The fourth-order valence-corrected chi connectivity index (χ4v) is 3.65. The Kier molecular flexibility index (Phi) is 5.54. The molecule has 2 aliphatic heterocycles. The van der Waals surface area contributed by atoms with Crippen molar-refractivity contribution in [2.45, 2.75) is 32.7 Å². The van der Waals surface area contributed by atoms with E-state index in [1.807, 2.05) is 17.9 Å². The molecule has 0 aromatic carbocycles. The zero-order valence-corrected chi connectivity index (χ0v) is 15.2. The number of hydrogen-bond donors (Lipinski definition) is 0. The van der Waals surface area contributed by atoms with E-state index in [1.54, 1.807) is 12.3 Å². The number of carbonyl (C=O) groups excluding carboxylic acids is 1. The van der Waals surface area contributed by atoms with Crippen LogP contribution in [0.4, 0.5) is 5.82 Å². The first kappa shape index (κ1) is 17.7. The molecule has 6 heteroatoms. The molecule has 1 atom stereocenters. The number of pyridine rings is 1. The second-order valence-corrected chi connectivity index (χ2v) is 7.22. The number of nitrogens with zero attached hydrogens (tertiary/aromatic N) is 5. The molecular formula is C19H27N5O. The van der Waals surface area contributed by atoms with Gasteiger partial charge in [0.2, 0.25) is 5.91 Å². The maximum absolute atomic E-state index is 12.8. The Bertz CT molecular complexity index is 639. The highest BCUT2D eigenvalue weighted by molar-refractivity contribution is 5.81. The third-order valence-electron chi connectivity index (χ3n) is 5.51. The van der Waals surface area contributed by atoms with Gasteiger partial charge in [0.05, 0.1) is 17.7 Å². The molecule has 134 valence electrons. The molecule has 3 heterocycles. The van der Waals surface area contributed by atoms with Crippen molar-refractivity contribution in [3.05, 3.63) is 23.9 Å². The van der Waals surface area contributed by atoms with Crippen LogP contribution in [0.25, 0.3) is 0 Å². The molecule has 2 fully saturated rings. The van der Waals surface area contributed by atoms with Crippen LogP contribution in [0.5, 0.6) is 0 Å². The summed E-state index contributed by atoms with van der Waals surface area (Å²) in [6, 6.07) is 5.65. The van der Waals surface area contributed by atoms with E-state index in [2.05, 4.69) is 27.8 Å². The van der Waals surface area contributed by atoms with E-state index >= 15 is 0 Å². The van der Waals surface area contributed by atoms with Gasteiger partial charge in [-0.25, -0.2) is 4.98 Å². The summed E-state index contributed by atoms with van der Waals surface area (Å²) < 4.78 is 0. The number of carbonyl (C=O) groups is 1. The second kappa shape index (κ2) is 7.83. The van der Waals surface area contributed by atoms with Crippen LogP contribution in [0.15, 0.2) is 18.3 Å². The Morgan fingerprint density at radius 3 is 2.56 bits per heavy atom. The Morgan fingerprint density at radius 2 is 1.92 bits per heavy atom. The normalized spacial score (nSPS) is 21.0. The monoisotopic (exact) mass is 341 g/mol. The van der Waals surface area contributed by atoms with E-state index in [0.717, 1.165) is 63.8 Å². The fourth-order valence-electron chi connectivity index (χ4n) is 3.65. The Balaban J connectivity index is 1.54. The molecule has 0 radical (unpaired) electrons. The van der Waals surface area contributed by atoms with Crippen molar-refractivity contribution in [2.75, 3.05) is 44.2 Å². The summed E-state index contributed by atoms with van der Waals surface area (Å²) >= 11 is 0. The van der Waals surface area contributed by atoms with Gasteiger partial charge in [0.25, 0.3) is 0 Å². The smallest absolute Gasteiger partial charge is 0.239 e. The molecule has 0 aliphatic carbocycles. The Labute approximate surface area is 150 Å². The van der Waals surface area contributed by atoms with E-state index in [4.69, 9.17) is 5.26 Å². The topological polar surface area (TPSA) is 63.5 Å². The van der Waals surface area contributed by atoms with Gasteiger partial charge >= 0.3 is 0 Å². The molecule has 1 aromatic heterocycles. The summed E-state index contributed by atoms with van der Waals surface area (Å²) in [4.78, 5) is 23.6. The molecule has 6 nitrogen and oxygen atoms in total. The lowest BCUT2D eigenvalue weighted by molar-refractivity contribution is -0.137. The highest BCUT2D eigenvalue weighted by atomic mass is 16.2. The molecule has 0 saturated carbocycles. The Hall–Kier alpha value is -2.13. The molecule has 2 aliphatic rings. The number of piperazine rings is 1. The average Bonchev–Trinajstić information content (AvgIpc) is 2.67. The summed E-state index contributed by atoms with van der Waals surface area (Å²) in [6.45, 7) is 9.44. The van der Waals surface area contributed by atoms with Gasteiger partial charge in [-0.05, 0) is 37.8 Å². The average molecular weight is 341 g/mol. The van der Waals surface area contributed by atoms with Crippen molar-refractivity contribution >= 4 is 11.7 Å². The SMILES string of the molecule is CC1CCN(C(=O)[C@H](C)N2CCN(c3cc(C#N)ccn3)CC2)CC1. The van der Waals surface area contributed by atoms with Gasteiger partial charge in [-0.3, -0.25) is 9.69 Å². The number of anilines is 1. The van der Waals surface area contributed by atoms with Crippen LogP contribution in [0, 0.1) is 17.2 Å². The molecule has 0 bridgehead atoms. The maximum atomic E-state index is 12.8. The molecule has 1 amide bonds. The van der Waals surface area contributed by atoms with Crippen LogP contribution < -0.4 is 4.90 Å². The fraction of sp³-hybridized carbons (Fsp3) is 0.632. The predicted octanol–water partition coefficient (Wildman–Crippen LogP) is 1.72. The van der Waals surface area contributed by atoms with Crippen molar-refractivity contribution in [1.29, 1.82) is 5.26 Å². The van der Waals surface area contributed by atoms with E-state index < -0.39 is 0 Å². The summed E-state index contributed by atoms with van der Waals surface area (Å²) in [5.74, 6) is 1.85. The summed E-state index contributed by atoms with van der Waals surface area (Å²) in [5, 5.41) is 9.03. The number of amides is 1. The summed E-state index contributed by atoms with van der Waals surface area (Å²) in [7, 11) is 0. The van der Waals surface area contributed by atoms with Crippen molar-refractivity contribution < 1.29 is 4.79 Å². The summed E-state index contributed by atoms with van der Waals surface area (Å²) in [6.07, 6.45) is 3.92. The lowest BCUT2D eigenvalue weighted by Crippen LogP contribution is -2.55. The van der Waals surface area contributed by atoms with Crippen LogP contribution in [-0.4, -0.2) is 66.0 Å². The highest BCUT2D eigenvalue weighted by Gasteiger charge is 2.30. The van der Waals surface area contributed by atoms with Gasteiger partial charge in [0.15, 0.2) is 0 Å². The van der Waals surface area contributed by atoms with Crippen molar-refractivity contribution in [3.63, 3.8) is 0 Å². The van der Waals surface area contributed by atoms with Crippen molar-refractivity contribution in [2.24, 2.45) is 5.92 Å². The lowest BCUT2D eigenvalue weighted by atomic mass is 9.98. The lowest BCUT2D eigenvalue weighted by Gasteiger charge is -2.40. The predicted molar refractivity (Wildman–Crippen MR) is 97.2 cm³/mol. The van der Waals surface area contributed by atoms with Crippen LogP contribution in [0.1, 0.15) is 32.3 Å². The maximum Gasteiger partial charge on any atom is 0.239 e. The standard InChI is InChI=1S/C19H27N5O/c1-15-4-7-24(8-5-15)19(25)16(2)22-9-11-23(12-10-22)18-13-17(14-20)3-6-21-18/h3,6,13,15-16H,4-5,7-12H2,1-2H3/t16-/m0/s1. The zero-order chi connectivity index (χ0) is 17.8.